The maximum atomic E-state index is 5.31. The van der Waals surface area contributed by atoms with Crippen LogP contribution in [0.25, 0.3) is 0 Å². The minimum Gasteiger partial charge on any atom is -0.493 e. The molecule has 0 aliphatic carbocycles. The molecule has 8 heteroatoms. The van der Waals surface area contributed by atoms with Crippen molar-refractivity contribution >= 4 is 11.6 Å². The first kappa shape index (κ1) is 17.6. The molecule has 1 aromatic heterocycles. The minimum absolute atomic E-state index is 0.532. The van der Waals surface area contributed by atoms with E-state index in [1.54, 1.807) is 21.1 Å². The molecule has 0 unspecified atom stereocenters. The zero-order valence-corrected chi connectivity index (χ0v) is 14.4. The van der Waals surface area contributed by atoms with Crippen molar-refractivity contribution in [2.24, 2.45) is 4.99 Å². The van der Waals surface area contributed by atoms with Crippen molar-refractivity contribution in [2.45, 2.75) is 20.3 Å². The summed E-state index contributed by atoms with van der Waals surface area (Å²) in [6.07, 6.45) is 0.587. The topological polar surface area (TPSA) is 93.8 Å². The zero-order chi connectivity index (χ0) is 17.4. The number of hydrogen-bond acceptors (Lipinski definition) is 6. The van der Waals surface area contributed by atoms with Gasteiger partial charge in [0.05, 0.1) is 20.8 Å². The van der Waals surface area contributed by atoms with Crippen LogP contribution in [0.4, 0.5) is 5.69 Å². The molecule has 0 saturated carbocycles. The normalized spacial score (nSPS) is 11.2. The van der Waals surface area contributed by atoms with E-state index in [1.165, 1.54) is 0 Å². The number of methoxy groups -OCH3 is 2. The van der Waals surface area contributed by atoms with Crippen molar-refractivity contribution in [2.75, 3.05) is 32.6 Å². The quantitative estimate of drug-likeness (QED) is 0.591. The van der Waals surface area contributed by atoms with Gasteiger partial charge < -0.3 is 24.6 Å². The molecule has 0 fully saturated rings. The van der Waals surface area contributed by atoms with Crippen LogP contribution >= 0.6 is 0 Å². The third-order valence-corrected chi connectivity index (χ3v) is 3.16. The van der Waals surface area contributed by atoms with E-state index in [-0.39, 0.29) is 0 Å². The number of aromatic nitrogens is 2. The summed E-state index contributed by atoms with van der Waals surface area (Å²) in [5.74, 6) is 3.21. The molecule has 1 aromatic carbocycles. The van der Waals surface area contributed by atoms with Gasteiger partial charge >= 0.3 is 0 Å². The SMILES string of the molecule is CCNC(=NCCc1nc(C)no1)Nc1ccc(OC)c(OC)c1. The van der Waals surface area contributed by atoms with E-state index in [0.717, 1.165) is 12.2 Å². The molecule has 0 saturated heterocycles. The molecule has 24 heavy (non-hydrogen) atoms. The van der Waals surface area contributed by atoms with Crippen LogP contribution in [0.1, 0.15) is 18.6 Å². The zero-order valence-electron chi connectivity index (χ0n) is 14.4. The van der Waals surface area contributed by atoms with Crippen LogP contribution in [0, 0.1) is 6.92 Å². The van der Waals surface area contributed by atoms with E-state index in [9.17, 15) is 0 Å². The fourth-order valence-corrected chi connectivity index (χ4v) is 2.06. The van der Waals surface area contributed by atoms with Crippen molar-refractivity contribution < 1.29 is 14.0 Å². The first-order valence-electron chi connectivity index (χ1n) is 7.72. The standard InChI is InChI=1S/C16H23N5O3/c1-5-17-16(18-9-8-15-19-11(2)21-24-15)20-12-6-7-13(22-3)14(10-12)23-4/h6-7,10H,5,8-9H2,1-4H3,(H2,17,18,20). The number of nitrogens with zero attached hydrogens (tertiary/aromatic N) is 3. The molecule has 2 rings (SSSR count). The fraction of sp³-hybridized carbons (Fsp3) is 0.438. The molecule has 0 atom stereocenters. The molecular formula is C16H23N5O3. The van der Waals surface area contributed by atoms with Gasteiger partial charge in [-0.1, -0.05) is 5.16 Å². The lowest BCUT2D eigenvalue weighted by molar-refractivity contribution is 0.355. The van der Waals surface area contributed by atoms with E-state index in [4.69, 9.17) is 14.0 Å². The van der Waals surface area contributed by atoms with Crippen LogP contribution < -0.4 is 20.1 Å². The predicted molar refractivity (Wildman–Crippen MR) is 91.9 cm³/mol. The summed E-state index contributed by atoms with van der Waals surface area (Å²) in [6.45, 7) is 5.08. The summed E-state index contributed by atoms with van der Waals surface area (Å²) in [4.78, 5) is 8.67. The van der Waals surface area contributed by atoms with E-state index < -0.39 is 0 Å². The first-order valence-corrected chi connectivity index (χ1v) is 7.72. The third kappa shape index (κ3) is 4.87. The van der Waals surface area contributed by atoms with Gasteiger partial charge in [0.2, 0.25) is 5.89 Å². The number of aliphatic imine (C=N–C) groups is 1. The molecule has 130 valence electrons. The Morgan fingerprint density at radius 1 is 1.25 bits per heavy atom. The molecule has 0 amide bonds. The van der Waals surface area contributed by atoms with Gasteiger partial charge in [0.15, 0.2) is 23.3 Å². The van der Waals surface area contributed by atoms with Crippen molar-refractivity contribution in [3.05, 3.63) is 29.9 Å². The third-order valence-electron chi connectivity index (χ3n) is 3.16. The Kier molecular flexibility index (Phi) is 6.41. The van der Waals surface area contributed by atoms with Crippen LogP contribution in [0.3, 0.4) is 0 Å². The molecule has 0 bridgehead atoms. The smallest absolute Gasteiger partial charge is 0.228 e. The van der Waals surface area contributed by atoms with Gasteiger partial charge in [0.1, 0.15) is 0 Å². The number of rotatable bonds is 7. The minimum atomic E-state index is 0.532. The molecule has 2 N–H and O–H groups in total. The molecule has 8 nitrogen and oxygen atoms in total. The number of anilines is 1. The Balaban J connectivity index is 2.03. The highest BCUT2D eigenvalue weighted by Gasteiger charge is 2.07. The van der Waals surface area contributed by atoms with Gasteiger partial charge in [0.25, 0.3) is 0 Å². The van der Waals surface area contributed by atoms with Gasteiger partial charge in [-0.25, -0.2) is 0 Å². The van der Waals surface area contributed by atoms with Gasteiger partial charge in [-0.15, -0.1) is 0 Å². The largest absolute Gasteiger partial charge is 0.493 e. The van der Waals surface area contributed by atoms with Gasteiger partial charge in [-0.3, -0.25) is 4.99 Å². The molecule has 0 aliphatic rings. The van der Waals surface area contributed by atoms with E-state index >= 15 is 0 Å². The monoisotopic (exact) mass is 333 g/mol. The average Bonchev–Trinajstić information content (AvgIpc) is 3.00. The molecule has 0 spiro atoms. The maximum absolute atomic E-state index is 5.31. The van der Waals surface area contributed by atoms with Crippen molar-refractivity contribution in [1.29, 1.82) is 0 Å². The molecule has 0 radical (unpaired) electrons. The Bertz CT molecular complexity index is 684. The highest BCUT2D eigenvalue weighted by Crippen LogP contribution is 2.29. The Morgan fingerprint density at radius 3 is 2.67 bits per heavy atom. The average molecular weight is 333 g/mol. The summed E-state index contributed by atoms with van der Waals surface area (Å²) in [5.41, 5.74) is 0.848. The number of aryl methyl sites for hydroxylation is 1. The van der Waals surface area contributed by atoms with Crippen LogP contribution in [0.5, 0.6) is 11.5 Å². The molecular weight excluding hydrogens is 310 g/mol. The summed E-state index contributed by atoms with van der Waals surface area (Å²) in [5, 5.41) is 10.2. The second-order valence-corrected chi connectivity index (χ2v) is 4.94. The summed E-state index contributed by atoms with van der Waals surface area (Å²) in [6, 6.07) is 5.59. The fourth-order valence-electron chi connectivity index (χ4n) is 2.06. The highest BCUT2D eigenvalue weighted by molar-refractivity contribution is 5.93. The summed E-state index contributed by atoms with van der Waals surface area (Å²) < 4.78 is 15.6. The lowest BCUT2D eigenvalue weighted by Gasteiger charge is -2.13. The van der Waals surface area contributed by atoms with Crippen molar-refractivity contribution in [1.82, 2.24) is 15.5 Å². The van der Waals surface area contributed by atoms with Gasteiger partial charge in [-0.2, -0.15) is 4.98 Å². The Morgan fingerprint density at radius 2 is 2.04 bits per heavy atom. The highest BCUT2D eigenvalue weighted by atomic mass is 16.5. The Labute approximate surface area is 141 Å². The maximum Gasteiger partial charge on any atom is 0.228 e. The van der Waals surface area contributed by atoms with Crippen molar-refractivity contribution in [3.63, 3.8) is 0 Å². The van der Waals surface area contributed by atoms with Crippen LogP contribution in [-0.4, -0.2) is 43.4 Å². The van der Waals surface area contributed by atoms with E-state index in [2.05, 4.69) is 25.8 Å². The molecule has 2 aromatic rings. The number of benzene rings is 1. The molecule has 0 aliphatic heterocycles. The van der Waals surface area contributed by atoms with Crippen molar-refractivity contribution in [3.8, 4) is 11.5 Å². The lowest BCUT2D eigenvalue weighted by Crippen LogP contribution is -2.30. The van der Waals surface area contributed by atoms with Gasteiger partial charge in [-0.05, 0) is 26.0 Å². The number of guanidine groups is 1. The van der Waals surface area contributed by atoms with E-state index in [0.29, 0.717) is 42.1 Å². The molecule has 1 heterocycles. The summed E-state index contributed by atoms with van der Waals surface area (Å²) >= 11 is 0. The van der Waals surface area contributed by atoms with Crippen LogP contribution in [0.2, 0.25) is 0 Å². The van der Waals surface area contributed by atoms with Crippen LogP contribution in [-0.2, 0) is 6.42 Å². The lowest BCUT2D eigenvalue weighted by atomic mass is 10.3. The summed E-state index contributed by atoms with van der Waals surface area (Å²) in [7, 11) is 3.21. The predicted octanol–water partition coefficient (Wildman–Crippen LogP) is 2.02. The number of nitrogens with one attached hydrogen (secondary N) is 2. The van der Waals surface area contributed by atoms with Crippen LogP contribution in [0.15, 0.2) is 27.7 Å². The first-order chi connectivity index (χ1) is 11.7. The Hall–Kier alpha value is -2.77. The van der Waals surface area contributed by atoms with Gasteiger partial charge in [0, 0.05) is 24.7 Å². The second kappa shape index (κ2) is 8.76. The second-order valence-electron chi connectivity index (χ2n) is 4.94. The number of hydrogen-bond donors (Lipinski definition) is 2. The van der Waals surface area contributed by atoms with E-state index in [1.807, 2.05) is 25.1 Å². The number of ether oxygens (including phenoxy) is 2.